The van der Waals surface area contributed by atoms with E-state index in [-0.39, 0.29) is 24.0 Å². The molecule has 0 aliphatic carbocycles. The highest BCUT2D eigenvalue weighted by molar-refractivity contribution is 14.0. The van der Waals surface area contributed by atoms with Gasteiger partial charge in [0.05, 0.1) is 0 Å². The third-order valence-electron chi connectivity index (χ3n) is 4.22. The minimum atomic E-state index is -0.472. The second-order valence-electron chi connectivity index (χ2n) is 7.45. The summed E-state index contributed by atoms with van der Waals surface area (Å²) in [5.41, 5.74) is -0.472. The Morgan fingerprint density at radius 3 is 2.42 bits per heavy atom. The maximum absolute atomic E-state index is 11.6. The summed E-state index contributed by atoms with van der Waals surface area (Å²) in [5, 5.41) is 9.27. The molecule has 3 N–H and O–H groups in total. The van der Waals surface area contributed by atoms with Crippen LogP contribution in [-0.4, -0.2) is 68.4 Å². The number of hydrogen-bond donors (Lipinski definition) is 3. The van der Waals surface area contributed by atoms with Gasteiger partial charge in [0.15, 0.2) is 5.96 Å². The SMILES string of the molecule is CCC1CCCCN1CCNC(=NC)NCCNC(=O)OC(C)(C)C.I. The Kier molecular flexibility index (Phi) is 13.0. The minimum absolute atomic E-state index is 0. The van der Waals surface area contributed by atoms with Gasteiger partial charge in [-0.2, -0.15) is 0 Å². The first-order valence-electron chi connectivity index (χ1n) is 9.51. The third-order valence-corrected chi connectivity index (χ3v) is 4.22. The van der Waals surface area contributed by atoms with Crippen LogP contribution in [0.25, 0.3) is 0 Å². The first-order valence-corrected chi connectivity index (χ1v) is 9.51. The number of guanidine groups is 1. The van der Waals surface area contributed by atoms with Gasteiger partial charge in [0.25, 0.3) is 0 Å². The van der Waals surface area contributed by atoms with Crippen molar-refractivity contribution in [1.82, 2.24) is 20.9 Å². The van der Waals surface area contributed by atoms with Gasteiger partial charge in [-0.3, -0.25) is 9.89 Å². The van der Waals surface area contributed by atoms with E-state index in [4.69, 9.17) is 4.74 Å². The first-order chi connectivity index (χ1) is 11.9. The van der Waals surface area contributed by atoms with Crippen LogP contribution in [0, 0.1) is 0 Å². The topological polar surface area (TPSA) is 78.0 Å². The zero-order valence-corrected chi connectivity index (χ0v) is 19.4. The van der Waals surface area contributed by atoms with Crippen LogP contribution in [0.1, 0.15) is 53.4 Å². The number of piperidine rings is 1. The molecule has 8 heteroatoms. The van der Waals surface area contributed by atoms with Crippen molar-refractivity contribution < 1.29 is 9.53 Å². The molecular weight excluding hydrogens is 445 g/mol. The van der Waals surface area contributed by atoms with E-state index in [2.05, 4.69) is 32.8 Å². The van der Waals surface area contributed by atoms with Gasteiger partial charge in [0.1, 0.15) is 5.60 Å². The quantitative estimate of drug-likeness (QED) is 0.225. The summed E-state index contributed by atoms with van der Waals surface area (Å²) in [6.45, 7) is 12.0. The molecule has 1 atom stereocenters. The predicted octanol–water partition coefficient (Wildman–Crippen LogP) is 2.56. The van der Waals surface area contributed by atoms with E-state index in [0.717, 1.165) is 25.1 Å². The summed E-state index contributed by atoms with van der Waals surface area (Å²) in [7, 11) is 1.76. The number of rotatable bonds is 7. The van der Waals surface area contributed by atoms with Gasteiger partial charge in [-0.25, -0.2) is 4.79 Å². The van der Waals surface area contributed by atoms with Gasteiger partial charge < -0.3 is 20.7 Å². The first kappa shape index (κ1) is 25.2. The van der Waals surface area contributed by atoms with Crippen LogP contribution < -0.4 is 16.0 Å². The molecule has 0 aromatic heterocycles. The summed E-state index contributed by atoms with van der Waals surface area (Å²) in [6, 6.07) is 0.726. The molecule has 0 aromatic rings. The number of likely N-dealkylation sites (tertiary alicyclic amines) is 1. The van der Waals surface area contributed by atoms with E-state index in [0.29, 0.717) is 13.1 Å². The van der Waals surface area contributed by atoms with E-state index >= 15 is 0 Å². The largest absolute Gasteiger partial charge is 0.444 e. The fourth-order valence-corrected chi connectivity index (χ4v) is 3.01. The number of carbonyl (C=O) groups is 1. The molecule has 1 aliphatic heterocycles. The van der Waals surface area contributed by atoms with Gasteiger partial charge in [0, 0.05) is 39.3 Å². The lowest BCUT2D eigenvalue weighted by atomic mass is 10.0. The molecule has 1 fully saturated rings. The number of aliphatic imine (C=N–C) groups is 1. The molecule has 1 saturated heterocycles. The molecule has 1 heterocycles. The maximum atomic E-state index is 11.6. The monoisotopic (exact) mass is 483 g/mol. The highest BCUT2D eigenvalue weighted by Gasteiger charge is 2.20. The minimum Gasteiger partial charge on any atom is -0.444 e. The van der Waals surface area contributed by atoms with Crippen LogP contribution in [0.4, 0.5) is 4.79 Å². The van der Waals surface area contributed by atoms with Crippen LogP contribution >= 0.6 is 24.0 Å². The van der Waals surface area contributed by atoms with Crippen molar-refractivity contribution in [2.75, 3.05) is 39.8 Å². The van der Waals surface area contributed by atoms with Crippen LogP contribution in [0.5, 0.6) is 0 Å². The summed E-state index contributed by atoms with van der Waals surface area (Å²) in [5.74, 6) is 0.760. The number of ether oxygens (including phenoxy) is 1. The second-order valence-corrected chi connectivity index (χ2v) is 7.45. The zero-order valence-electron chi connectivity index (χ0n) is 17.1. The molecule has 154 valence electrons. The molecule has 26 heavy (non-hydrogen) atoms. The molecule has 1 unspecified atom stereocenters. The van der Waals surface area contributed by atoms with Crippen LogP contribution in [0.15, 0.2) is 4.99 Å². The molecule has 1 rings (SSSR count). The fraction of sp³-hybridized carbons (Fsp3) is 0.889. The van der Waals surface area contributed by atoms with E-state index in [1.807, 2.05) is 20.8 Å². The number of amides is 1. The summed E-state index contributed by atoms with van der Waals surface area (Å²) in [4.78, 5) is 18.4. The predicted molar refractivity (Wildman–Crippen MR) is 119 cm³/mol. The smallest absolute Gasteiger partial charge is 0.407 e. The molecule has 1 amide bonds. The van der Waals surface area contributed by atoms with Crippen LogP contribution in [0.2, 0.25) is 0 Å². The number of alkyl carbamates (subject to hydrolysis) is 1. The number of nitrogens with zero attached hydrogens (tertiary/aromatic N) is 2. The van der Waals surface area contributed by atoms with Crippen LogP contribution in [0.3, 0.4) is 0 Å². The van der Waals surface area contributed by atoms with Crippen molar-refractivity contribution in [2.24, 2.45) is 4.99 Å². The zero-order chi connectivity index (χ0) is 18.7. The number of hydrogen-bond acceptors (Lipinski definition) is 4. The van der Waals surface area contributed by atoms with Gasteiger partial charge in [0.2, 0.25) is 0 Å². The Labute approximate surface area is 176 Å². The number of carbonyl (C=O) groups excluding carboxylic acids is 1. The normalized spacial score (nSPS) is 18.7. The van der Waals surface area contributed by atoms with Crippen molar-refractivity contribution in [3.8, 4) is 0 Å². The van der Waals surface area contributed by atoms with Crippen molar-refractivity contribution in [3.63, 3.8) is 0 Å². The Hall–Kier alpha value is -0.770. The van der Waals surface area contributed by atoms with Gasteiger partial charge in [-0.15, -0.1) is 24.0 Å². The van der Waals surface area contributed by atoms with Crippen molar-refractivity contribution in [3.05, 3.63) is 0 Å². The molecule has 7 nitrogen and oxygen atoms in total. The summed E-state index contributed by atoms with van der Waals surface area (Å²) >= 11 is 0. The second kappa shape index (κ2) is 13.4. The fourth-order valence-electron chi connectivity index (χ4n) is 3.01. The van der Waals surface area contributed by atoms with Gasteiger partial charge >= 0.3 is 6.09 Å². The lowest BCUT2D eigenvalue weighted by molar-refractivity contribution is 0.0529. The Bertz CT molecular complexity index is 426. The number of nitrogens with one attached hydrogen (secondary N) is 3. The highest BCUT2D eigenvalue weighted by Crippen LogP contribution is 2.18. The molecular formula is C18H38IN5O2. The molecule has 0 radical (unpaired) electrons. The Morgan fingerprint density at radius 2 is 1.81 bits per heavy atom. The summed E-state index contributed by atoms with van der Waals surface area (Å²) in [6.07, 6.45) is 4.81. The van der Waals surface area contributed by atoms with Crippen LogP contribution in [-0.2, 0) is 4.74 Å². The lowest BCUT2D eigenvalue weighted by Gasteiger charge is -2.35. The van der Waals surface area contributed by atoms with E-state index in [9.17, 15) is 4.79 Å². The molecule has 0 spiro atoms. The number of halogens is 1. The maximum Gasteiger partial charge on any atom is 0.407 e. The van der Waals surface area contributed by atoms with Crippen molar-refractivity contribution in [2.45, 2.75) is 65.0 Å². The van der Waals surface area contributed by atoms with Crippen molar-refractivity contribution in [1.29, 1.82) is 0 Å². The molecule has 0 bridgehead atoms. The van der Waals surface area contributed by atoms with Gasteiger partial charge in [-0.05, 0) is 46.6 Å². The van der Waals surface area contributed by atoms with E-state index in [1.165, 1.54) is 32.2 Å². The average molecular weight is 483 g/mol. The molecule has 1 aliphatic rings. The Morgan fingerprint density at radius 1 is 1.15 bits per heavy atom. The van der Waals surface area contributed by atoms with Gasteiger partial charge in [-0.1, -0.05) is 13.3 Å². The third kappa shape index (κ3) is 11.1. The lowest BCUT2D eigenvalue weighted by Crippen LogP contribution is -2.47. The summed E-state index contributed by atoms with van der Waals surface area (Å²) < 4.78 is 5.19. The van der Waals surface area contributed by atoms with E-state index < -0.39 is 11.7 Å². The van der Waals surface area contributed by atoms with E-state index in [1.54, 1.807) is 7.05 Å². The average Bonchev–Trinajstić information content (AvgIpc) is 2.55. The Balaban J connectivity index is 0.00000625. The van der Waals surface area contributed by atoms with Crippen molar-refractivity contribution >= 4 is 36.0 Å². The standard InChI is InChI=1S/C18H37N5O2.HI/c1-6-15-9-7-8-13-23(15)14-12-21-16(19-5)20-10-11-22-17(24)25-18(2,3)4;/h15H,6-14H2,1-5H3,(H,22,24)(H2,19,20,21);1H. The molecule has 0 saturated carbocycles. The molecule has 0 aromatic carbocycles. The highest BCUT2D eigenvalue weighted by atomic mass is 127.